The van der Waals surface area contributed by atoms with Crippen LogP contribution in [0, 0.1) is 17.8 Å². The summed E-state index contributed by atoms with van der Waals surface area (Å²) in [6.45, 7) is 6.90. The highest BCUT2D eigenvalue weighted by Crippen LogP contribution is 2.29. The van der Waals surface area contributed by atoms with E-state index in [1.807, 2.05) is 31.2 Å². The first kappa shape index (κ1) is 14.5. The molecule has 1 aromatic carbocycles. The zero-order valence-corrected chi connectivity index (χ0v) is 11.5. The summed E-state index contributed by atoms with van der Waals surface area (Å²) in [5, 5.41) is 0. The molecular formula is C17H22O. The van der Waals surface area contributed by atoms with Crippen molar-refractivity contribution >= 4 is 0 Å². The number of allylic oxidation sites excluding steroid dienone is 1. The van der Waals surface area contributed by atoms with Crippen LogP contribution in [0.4, 0.5) is 0 Å². The van der Waals surface area contributed by atoms with Crippen LogP contribution in [-0.2, 0) is 11.3 Å². The monoisotopic (exact) mass is 242 g/mol. The van der Waals surface area contributed by atoms with Crippen molar-refractivity contribution in [1.29, 1.82) is 0 Å². The number of benzene rings is 1. The van der Waals surface area contributed by atoms with E-state index in [1.165, 1.54) is 5.56 Å². The van der Waals surface area contributed by atoms with Gasteiger partial charge < -0.3 is 4.74 Å². The van der Waals surface area contributed by atoms with Crippen LogP contribution < -0.4 is 0 Å². The van der Waals surface area contributed by atoms with Crippen molar-refractivity contribution in [1.82, 2.24) is 0 Å². The predicted octanol–water partition coefficient (Wildman–Crippen LogP) is 4.20. The molecule has 0 fully saturated rings. The Hall–Kier alpha value is -1.52. The van der Waals surface area contributed by atoms with E-state index < -0.39 is 0 Å². The number of ether oxygens (including phenoxy) is 1. The first-order chi connectivity index (χ1) is 8.60. The molecule has 0 bridgehead atoms. The minimum absolute atomic E-state index is 0.0405. The van der Waals surface area contributed by atoms with Gasteiger partial charge in [-0.25, -0.2) is 0 Å². The molecule has 0 saturated carbocycles. The molecule has 0 N–H and O–H groups in total. The highest BCUT2D eigenvalue weighted by molar-refractivity contribution is 5.13. The van der Waals surface area contributed by atoms with E-state index in [4.69, 9.17) is 11.2 Å². The molecule has 0 aliphatic heterocycles. The van der Waals surface area contributed by atoms with E-state index in [0.29, 0.717) is 13.0 Å². The van der Waals surface area contributed by atoms with Crippen molar-refractivity contribution in [3.05, 3.63) is 48.0 Å². The Morgan fingerprint density at radius 1 is 1.33 bits per heavy atom. The van der Waals surface area contributed by atoms with Crippen LogP contribution in [0.1, 0.15) is 32.8 Å². The summed E-state index contributed by atoms with van der Waals surface area (Å²) in [6.07, 6.45) is 10.3. The SMILES string of the molecule is C#CCC(C)(C)C(/C=C/C)OCc1ccccc1. The molecule has 1 unspecified atom stereocenters. The van der Waals surface area contributed by atoms with Gasteiger partial charge in [0, 0.05) is 11.8 Å². The topological polar surface area (TPSA) is 9.23 Å². The smallest absolute Gasteiger partial charge is 0.0820 e. The lowest BCUT2D eigenvalue weighted by molar-refractivity contribution is -0.00191. The fourth-order valence-electron chi connectivity index (χ4n) is 1.84. The molecule has 0 radical (unpaired) electrons. The van der Waals surface area contributed by atoms with Gasteiger partial charge in [-0.2, -0.15) is 0 Å². The Labute approximate surface area is 111 Å². The number of hydrogen-bond donors (Lipinski definition) is 0. The van der Waals surface area contributed by atoms with E-state index in [2.05, 4.69) is 38.0 Å². The van der Waals surface area contributed by atoms with Crippen LogP contribution in [0.25, 0.3) is 0 Å². The summed E-state index contributed by atoms with van der Waals surface area (Å²) < 4.78 is 6.00. The molecule has 0 spiro atoms. The molecule has 96 valence electrons. The van der Waals surface area contributed by atoms with Crippen LogP contribution in [-0.4, -0.2) is 6.10 Å². The molecule has 1 atom stereocenters. The molecule has 18 heavy (non-hydrogen) atoms. The summed E-state index contributed by atoms with van der Waals surface area (Å²) in [6, 6.07) is 10.2. The highest BCUT2D eigenvalue weighted by atomic mass is 16.5. The van der Waals surface area contributed by atoms with Gasteiger partial charge in [0.25, 0.3) is 0 Å². The van der Waals surface area contributed by atoms with Gasteiger partial charge in [-0.1, -0.05) is 56.3 Å². The van der Waals surface area contributed by atoms with E-state index in [9.17, 15) is 0 Å². The van der Waals surface area contributed by atoms with Gasteiger partial charge in [0.2, 0.25) is 0 Å². The summed E-state index contributed by atoms with van der Waals surface area (Å²) in [7, 11) is 0. The van der Waals surface area contributed by atoms with E-state index in [1.54, 1.807) is 0 Å². The summed E-state index contributed by atoms with van der Waals surface area (Å²) in [5.41, 5.74) is 1.14. The lowest BCUT2D eigenvalue weighted by Crippen LogP contribution is -2.30. The maximum absolute atomic E-state index is 6.00. The Morgan fingerprint density at radius 3 is 2.56 bits per heavy atom. The van der Waals surface area contributed by atoms with Crippen molar-refractivity contribution in [2.24, 2.45) is 5.41 Å². The fraction of sp³-hybridized carbons (Fsp3) is 0.412. The third-order valence-electron chi connectivity index (χ3n) is 2.97. The minimum Gasteiger partial charge on any atom is -0.369 e. The number of hydrogen-bond acceptors (Lipinski definition) is 1. The molecule has 0 aliphatic rings. The van der Waals surface area contributed by atoms with Crippen molar-refractivity contribution in [3.63, 3.8) is 0 Å². The second-order valence-electron chi connectivity index (χ2n) is 5.11. The quantitative estimate of drug-likeness (QED) is 0.536. The molecule has 0 amide bonds. The first-order valence-corrected chi connectivity index (χ1v) is 6.32. The minimum atomic E-state index is -0.0456. The second-order valence-corrected chi connectivity index (χ2v) is 5.11. The van der Waals surface area contributed by atoms with Crippen molar-refractivity contribution in [2.45, 2.75) is 39.9 Å². The van der Waals surface area contributed by atoms with Crippen molar-refractivity contribution in [3.8, 4) is 12.3 Å². The third kappa shape index (κ3) is 4.39. The zero-order chi connectivity index (χ0) is 13.4. The number of terminal acetylenes is 1. The van der Waals surface area contributed by atoms with Crippen LogP contribution in [0.2, 0.25) is 0 Å². The average molecular weight is 242 g/mol. The largest absolute Gasteiger partial charge is 0.369 e. The van der Waals surface area contributed by atoms with Gasteiger partial charge in [-0.15, -0.1) is 12.3 Å². The number of rotatable bonds is 6. The molecule has 0 aliphatic carbocycles. The van der Waals surface area contributed by atoms with Gasteiger partial charge in [0.15, 0.2) is 0 Å². The maximum atomic E-state index is 6.00. The molecule has 1 heteroatoms. The Bertz CT molecular complexity index is 409. The van der Waals surface area contributed by atoms with Gasteiger partial charge in [-0.3, -0.25) is 0 Å². The lowest BCUT2D eigenvalue weighted by Gasteiger charge is -2.30. The summed E-state index contributed by atoms with van der Waals surface area (Å²) in [5.74, 6) is 2.73. The molecule has 1 nitrogen and oxygen atoms in total. The average Bonchev–Trinajstić information content (AvgIpc) is 2.35. The Kier molecular flexibility index (Phi) is 5.68. The van der Waals surface area contributed by atoms with Crippen LogP contribution in [0.15, 0.2) is 42.5 Å². The van der Waals surface area contributed by atoms with Crippen LogP contribution in [0.5, 0.6) is 0 Å². The van der Waals surface area contributed by atoms with Crippen LogP contribution in [0.3, 0.4) is 0 Å². The Morgan fingerprint density at radius 2 is 2.00 bits per heavy atom. The van der Waals surface area contributed by atoms with Crippen molar-refractivity contribution < 1.29 is 4.74 Å². The van der Waals surface area contributed by atoms with Gasteiger partial charge in [0.1, 0.15) is 0 Å². The first-order valence-electron chi connectivity index (χ1n) is 6.32. The second kappa shape index (κ2) is 7.03. The van der Waals surface area contributed by atoms with E-state index in [0.717, 1.165) is 0 Å². The molecule has 0 aromatic heterocycles. The van der Waals surface area contributed by atoms with Crippen LogP contribution >= 0.6 is 0 Å². The molecule has 1 rings (SSSR count). The Balaban J connectivity index is 2.67. The predicted molar refractivity (Wildman–Crippen MR) is 77.1 cm³/mol. The van der Waals surface area contributed by atoms with Crippen molar-refractivity contribution in [2.75, 3.05) is 0 Å². The molecular weight excluding hydrogens is 220 g/mol. The zero-order valence-electron chi connectivity index (χ0n) is 11.5. The van der Waals surface area contributed by atoms with E-state index in [-0.39, 0.29) is 11.5 Å². The summed E-state index contributed by atoms with van der Waals surface area (Å²) in [4.78, 5) is 0. The standard InChI is InChI=1S/C17H22O/c1-5-10-16(17(3,4)13-6-2)18-14-15-11-8-7-9-12-15/h2,5,7-12,16H,13-14H2,1,3-4H3/b10-5+. The third-order valence-corrected chi connectivity index (χ3v) is 2.97. The highest BCUT2D eigenvalue weighted by Gasteiger charge is 2.27. The fourth-order valence-corrected chi connectivity index (χ4v) is 1.84. The lowest BCUT2D eigenvalue weighted by atomic mass is 9.83. The molecule has 0 saturated heterocycles. The maximum Gasteiger partial charge on any atom is 0.0820 e. The van der Waals surface area contributed by atoms with Gasteiger partial charge in [0.05, 0.1) is 12.7 Å². The molecule has 0 heterocycles. The normalized spacial score (nSPS) is 13.4. The summed E-state index contributed by atoms with van der Waals surface area (Å²) >= 11 is 0. The molecule has 1 aromatic rings. The van der Waals surface area contributed by atoms with E-state index >= 15 is 0 Å². The van der Waals surface area contributed by atoms with Gasteiger partial charge >= 0.3 is 0 Å². The van der Waals surface area contributed by atoms with Gasteiger partial charge in [-0.05, 0) is 12.5 Å².